The van der Waals surface area contributed by atoms with Gasteiger partial charge in [-0.25, -0.2) is 4.98 Å². The molecule has 0 unspecified atom stereocenters. The van der Waals surface area contributed by atoms with E-state index in [9.17, 15) is 4.79 Å². The molecule has 21 heavy (non-hydrogen) atoms. The molecule has 0 saturated carbocycles. The first kappa shape index (κ1) is 15.6. The minimum absolute atomic E-state index is 0.201. The predicted molar refractivity (Wildman–Crippen MR) is 85.9 cm³/mol. The lowest BCUT2D eigenvalue weighted by Gasteiger charge is -2.13. The molecule has 0 amide bonds. The molecule has 0 fully saturated rings. The van der Waals surface area contributed by atoms with Crippen LogP contribution < -0.4 is 14.2 Å². The number of ether oxygens (including phenoxy) is 3. The second kappa shape index (κ2) is 6.33. The Kier molecular flexibility index (Phi) is 4.71. The van der Waals surface area contributed by atoms with E-state index in [1.165, 1.54) is 21.3 Å². The lowest BCUT2D eigenvalue weighted by Crippen LogP contribution is -2.04. The van der Waals surface area contributed by atoms with Crippen LogP contribution in [0, 0.1) is 6.92 Å². The standard InChI is InChI=1S/C14H15IN2O4/c1-8-16-10(7-17(8)15)13(18)9-5-11(19-2)14(21-4)12(6-9)20-3/h5-7H,1-4H3. The second-order valence-electron chi connectivity index (χ2n) is 4.23. The minimum atomic E-state index is -0.201. The van der Waals surface area contributed by atoms with Crippen LogP contribution in [0.25, 0.3) is 0 Å². The Labute approximate surface area is 136 Å². The van der Waals surface area contributed by atoms with Crippen LogP contribution in [0.4, 0.5) is 0 Å². The fourth-order valence-electron chi connectivity index (χ4n) is 1.92. The molecule has 0 bridgehead atoms. The predicted octanol–water partition coefficient (Wildman–Crippen LogP) is 2.65. The summed E-state index contributed by atoms with van der Waals surface area (Å²) in [4.78, 5) is 16.7. The molecule has 0 aliphatic rings. The number of aromatic nitrogens is 2. The van der Waals surface area contributed by atoms with Crippen molar-refractivity contribution in [3.63, 3.8) is 0 Å². The summed E-state index contributed by atoms with van der Waals surface area (Å²) in [5, 5.41) is 0. The lowest BCUT2D eigenvalue weighted by atomic mass is 10.1. The maximum absolute atomic E-state index is 12.5. The Balaban J connectivity index is 2.50. The largest absolute Gasteiger partial charge is 0.493 e. The maximum atomic E-state index is 12.5. The summed E-state index contributed by atoms with van der Waals surface area (Å²) in [6.07, 6.45) is 1.68. The van der Waals surface area contributed by atoms with E-state index in [4.69, 9.17) is 14.2 Å². The van der Waals surface area contributed by atoms with E-state index in [0.29, 0.717) is 28.5 Å². The molecule has 0 saturated heterocycles. The smallest absolute Gasteiger partial charge is 0.213 e. The summed E-state index contributed by atoms with van der Waals surface area (Å²) in [5.74, 6) is 1.88. The Hall–Kier alpha value is -1.77. The van der Waals surface area contributed by atoms with Crippen molar-refractivity contribution in [3.8, 4) is 17.2 Å². The van der Waals surface area contributed by atoms with Crippen LogP contribution in [0.1, 0.15) is 21.9 Å². The molecule has 0 aliphatic carbocycles. The Morgan fingerprint density at radius 3 is 2.10 bits per heavy atom. The van der Waals surface area contributed by atoms with Gasteiger partial charge in [0.1, 0.15) is 11.5 Å². The molecule has 0 atom stereocenters. The van der Waals surface area contributed by atoms with Crippen molar-refractivity contribution in [2.75, 3.05) is 21.3 Å². The summed E-state index contributed by atoms with van der Waals surface area (Å²) in [5.41, 5.74) is 0.801. The lowest BCUT2D eigenvalue weighted by molar-refractivity contribution is 0.103. The summed E-state index contributed by atoms with van der Waals surface area (Å²) >= 11 is 2.07. The third kappa shape index (κ3) is 2.97. The van der Waals surface area contributed by atoms with Gasteiger partial charge in [-0.3, -0.25) is 7.58 Å². The molecule has 1 heterocycles. The van der Waals surface area contributed by atoms with Gasteiger partial charge in [0.25, 0.3) is 0 Å². The number of hydrogen-bond acceptors (Lipinski definition) is 5. The third-order valence-corrected chi connectivity index (χ3v) is 3.96. The first-order chi connectivity index (χ1) is 10.0. The number of nitrogens with zero attached hydrogens (tertiary/aromatic N) is 2. The highest BCUT2D eigenvalue weighted by molar-refractivity contribution is 14.1. The van der Waals surface area contributed by atoms with E-state index in [-0.39, 0.29) is 5.78 Å². The van der Waals surface area contributed by atoms with Crippen LogP contribution in [0.2, 0.25) is 0 Å². The van der Waals surface area contributed by atoms with Gasteiger partial charge < -0.3 is 14.2 Å². The number of rotatable bonds is 5. The number of carbonyl (C=O) groups is 1. The number of halogens is 1. The monoisotopic (exact) mass is 402 g/mol. The molecule has 2 aromatic rings. The number of benzene rings is 1. The van der Waals surface area contributed by atoms with Crippen molar-refractivity contribution < 1.29 is 19.0 Å². The van der Waals surface area contributed by atoms with Crippen LogP contribution in [-0.4, -0.2) is 34.9 Å². The van der Waals surface area contributed by atoms with Crippen molar-refractivity contribution in [1.29, 1.82) is 0 Å². The number of ketones is 1. The third-order valence-electron chi connectivity index (χ3n) is 2.99. The topological polar surface area (TPSA) is 62.6 Å². The van der Waals surface area contributed by atoms with Gasteiger partial charge in [-0.2, -0.15) is 0 Å². The molecule has 0 spiro atoms. The number of carbonyl (C=O) groups excluding carboxylic acids is 1. The van der Waals surface area contributed by atoms with Gasteiger partial charge in [0, 0.05) is 11.8 Å². The van der Waals surface area contributed by atoms with Gasteiger partial charge in [0.15, 0.2) is 11.5 Å². The first-order valence-electron chi connectivity index (χ1n) is 6.08. The van der Waals surface area contributed by atoms with E-state index in [1.54, 1.807) is 21.1 Å². The van der Waals surface area contributed by atoms with E-state index < -0.39 is 0 Å². The SMILES string of the molecule is COc1cc(C(=O)c2cn(I)c(C)n2)cc(OC)c1OC. The zero-order chi connectivity index (χ0) is 15.6. The number of imidazole rings is 1. The highest BCUT2D eigenvalue weighted by Gasteiger charge is 2.20. The number of methoxy groups -OCH3 is 3. The minimum Gasteiger partial charge on any atom is -0.493 e. The summed E-state index contributed by atoms with van der Waals surface area (Å²) < 4.78 is 17.5. The molecule has 0 N–H and O–H groups in total. The second-order valence-corrected chi connectivity index (χ2v) is 5.27. The van der Waals surface area contributed by atoms with Crippen LogP contribution in [0.5, 0.6) is 17.2 Å². The van der Waals surface area contributed by atoms with E-state index in [1.807, 2.05) is 6.92 Å². The summed E-state index contributed by atoms with van der Waals surface area (Å²) in [6.45, 7) is 1.83. The molecule has 7 heteroatoms. The molecule has 1 aromatic carbocycles. The molecule has 112 valence electrons. The molecule has 1 aromatic heterocycles. The van der Waals surface area contributed by atoms with Crippen molar-refractivity contribution in [2.24, 2.45) is 0 Å². The van der Waals surface area contributed by atoms with Crippen molar-refractivity contribution in [1.82, 2.24) is 7.76 Å². The van der Waals surface area contributed by atoms with Crippen molar-refractivity contribution in [3.05, 3.63) is 35.4 Å². The Morgan fingerprint density at radius 1 is 1.14 bits per heavy atom. The maximum Gasteiger partial charge on any atom is 0.213 e. The van der Waals surface area contributed by atoms with E-state index >= 15 is 0 Å². The van der Waals surface area contributed by atoms with Gasteiger partial charge in [0.2, 0.25) is 11.5 Å². The zero-order valence-electron chi connectivity index (χ0n) is 12.1. The molecular formula is C14H15IN2O4. The van der Waals surface area contributed by atoms with Crippen LogP contribution in [0.15, 0.2) is 18.3 Å². The molecule has 2 rings (SSSR count). The summed E-state index contributed by atoms with van der Waals surface area (Å²) in [7, 11) is 4.54. The van der Waals surface area contributed by atoms with Gasteiger partial charge in [0.05, 0.1) is 44.2 Å². The van der Waals surface area contributed by atoms with Crippen molar-refractivity contribution >= 4 is 28.6 Å². The van der Waals surface area contributed by atoms with Crippen LogP contribution in [-0.2, 0) is 0 Å². The van der Waals surface area contributed by atoms with Gasteiger partial charge in [-0.1, -0.05) is 0 Å². The quantitative estimate of drug-likeness (QED) is 0.569. The average molecular weight is 402 g/mol. The van der Waals surface area contributed by atoms with Gasteiger partial charge in [-0.15, -0.1) is 0 Å². The summed E-state index contributed by atoms with van der Waals surface area (Å²) in [6, 6.07) is 3.23. The fourth-order valence-corrected chi connectivity index (χ4v) is 2.29. The van der Waals surface area contributed by atoms with Crippen LogP contribution in [0.3, 0.4) is 0 Å². The number of hydrogen-bond donors (Lipinski definition) is 0. The molecule has 0 radical (unpaired) electrons. The highest BCUT2D eigenvalue weighted by Crippen LogP contribution is 2.38. The van der Waals surface area contributed by atoms with Crippen LogP contribution >= 0.6 is 22.9 Å². The zero-order valence-corrected chi connectivity index (χ0v) is 14.3. The molecule has 6 nitrogen and oxygen atoms in total. The normalized spacial score (nSPS) is 10.3. The fraction of sp³-hybridized carbons (Fsp3) is 0.286. The molecule has 0 aliphatic heterocycles. The first-order valence-corrected chi connectivity index (χ1v) is 7.05. The number of aryl methyl sites for hydroxylation is 1. The molecular weight excluding hydrogens is 387 g/mol. The average Bonchev–Trinajstić information content (AvgIpc) is 2.84. The van der Waals surface area contributed by atoms with Gasteiger partial charge >= 0.3 is 0 Å². The highest BCUT2D eigenvalue weighted by atomic mass is 127. The Morgan fingerprint density at radius 2 is 1.71 bits per heavy atom. The Bertz CT molecular complexity index is 637. The van der Waals surface area contributed by atoms with E-state index in [0.717, 1.165) is 5.82 Å². The van der Waals surface area contributed by atoms with Crippen molar-refractivity contribution in [2.45, 2.75) is 6.92 Å². The van der Waals surface area contributed by atoms with E-state index in [2.05, 4.69) is 27.8 Å². The van der Waals surface area contributed by atoms with Gasteiger partial charge in [-0.05, 0) is 19.1 Å².